The second-order valence-electron chi connectivity index (χ2n) is 28.8. The van der Waals surface area contributed by atoms with Gasteiger partial charge >= 0.3 is 6.36 Å². The Morgan fingerprint density at radius 3 is 0.884 bits per heavy atom. The van der Waals surface area contributed by atoms with Crippen molar-refractivity contribution in [2.45, 2.75) is 13.3 Å². The van der Waals surface area contributed by atoms with Crippen molar-refractivity contribution in [3.8, 4) is 78.9 Å². The highest BCUT2D eigenvalue weighted by molar-refractivity contribution is 6.23. The Bertz CT molecular complexity index is 8600. The number of ether oxygens (including phenoxy) is 1. The smallest absolute Gasteiger partial charge is 0.405 e. The fourth-order valence-electron chi connectivity index (χ4n) is 16.2. The first-order chi connectivity index (χ1) is 66.6. The van der Waals surface area contributed by atoms with E-state index in [2.05, 4.69) is 79.9 Å². The Kier molecular flexibility index (Phi) is 24.8. The van der Waals surface area contributed by atoms with E-state index < -0.39 is 51.9 Å². The number of allylic oxidation sites excluding steroid dienone is 16. The van der Waals surface area contributed by atoms with Crippen LogP contribution < -0.4 is 0 Å². The summed E-state index contributed by atoms with van der Waals surface area (Å²) >= 11 is 0. The summed E-state index contributed by atoms with van der Waals surface area (Å²) in [5, 5.41) is 128. The van der Waals surface area contributed by atoms with Gasteiger partial charge in [-0.1, -0.05) is 72.8 Å². The van der Waals surface area contributed by atoms with Gasteiger partial charge in [-0.15, -0.1) is 13.2 Å². The summed E-state index contributed by atoms with van der Waals surface area (Å²) in [7, 11) is 0. The summed E-state index contributed by atoms with van der Waals surface area (Å²) in [5.74, 6) is -3.12. The van der Waals surface area contributed by atoms with Gasteiger partial charge < -0.3 is 4.74 Å². The van der Waals surface area contributed by atoms with Crippen molar-refractivity contribution in [3.63, 3.8) is 0 Å². The summed E-state index contributed by atoms with van der Waals surface area (Å²) in [6.45, 7) is 101. The number of halogens is 5. The zero-order chi connectivity index (χ0) is 99.7. The Balaban J connectivity index is 0.000000175. The molecule has 9 aromatic rings. The average Bonchev–Trinajstić information content (AvgIpc) is 1.57. The molecule has 6 aliphatic carbocycles. The topological polar surface area (TPSA) is 375 Å². The summed E-state index contributed by atoms with van der Waals surface area (Å²) in [5.41, 5.74) is -1.36. The van der Waals surface area contributed by atoms with Crippen molar-refractivity contribution >= 4 is 135 Å². The minimum absolute atomic E-state index is 0.00340. The van der Waals surface area contributed by atoms with Crippen molar-refractivity contribution in [3.05, 3.63) is 462 Å². The van der Waals surface area contributed by atoms with Crippen molar-refractivity contribution in [1.82, 2.24) is 0 Å². The van der Waals surface area contributed by atoms with Gasteiger partial charge in [0.05, 0.1) is 201 Å². The number of nitrogens with zero attached hydrogens (tertiary/aromatic N) is 26. The first-order valence-electron chi connectivity index (χ1n) is 38.2. The highest BCUT2D eigenvalue weighted by atomic mass is 19.4. The Morgan fingerprint density at radius 2 is 0.543 bits per heavy atom. The van der Waals surface area contributed by atoms with Gasteiger partial charge in [-0.3, -0.25) is 0 Å². The van der Waals surface area contributed by atoms with E-state index in [1.165, 1.54) is 146 Å². The third-order valence-electron chi connectivity index (χ3n) is 21.7. The van der Waals surface area contributed by atoms with Gasteiger partial charge in [-0.05, 0) is 180 Å². The first kappa shape index (κ1) is 91.7. The lowest BCUT2D eigenvalue weighted by Gasteiger charge is -2.15. The zero-order valence-electron chi connectivity index (χ0n) is 69.3. The molecule has 138 heavy (non-hydrogen) atoms. The van der Waals surface area contributed by atoms with Crippen LogP contribution in [0.15, 0.2) is 180 Å². The van der Waals surface area contributed by atoms with Crippen molar-refractivity contribution in [2.24, 2.45) is 0 Å². The summed E-state index contributed by atoms with van der Waals surface area (Å²) in [6, 6.07) is 57.0. The lowest BCUT2D eigenvalue weighted by atomic mass is 9.90. The molecule has 0 N–H and O–H groups in total. The van der Waals surface area contributed by atoms with Crippen LogP contribution >= 0.6 is 0 Å². The summed E-state index contributed by atoms with van der Waals surface area (Å²) < 4.78 is 77.9. The van der Waals surface area contributed by atoms with Gasteiger partial charge in [0.25, 0.3) is 0 Å². The number of benzene rings is 9. The van der Waals surface area contributed by atoms with E-state index in [0.717, 1.165) is 0 Å². The molecule has 0 radical (unpaired) electrons. The number of alkyl halides is 3. The second-order valence-corrected chi connectivity index (χ2v) is 28.8. The van der Waals surface area contributed by atoms with Crippen LogP contribution in [0.5, 0.6) is 0 Å². The molecule has 32 heteroatoms. The van der Waals surface area contributed by atoms with E-state index in [1.807, 2.05) is 54.6 Å². The van der Waals surface area contributed by atoms with Crippen LogP contribution in [0.1, 0.15) is 140 Å². The largest absolute Gasteiger partial charge is 0.573 e. The van der Waals surface area contributed by atoms with E-state index in [0.29, 0.717) is 5.57 Å². The monoisotopic (exact) mass is 1770 g/mol. The molecule has 0 saturated carbocycles. The molecule has 0 aliphatic heterocycles. The van der Waals surface area contributed by atoms with E-state index in [-0.39, 0.29) is 252 Å². The lowest BCUT2D eigenvalue weighted by molar-refractivity contribution is -0.302. The van der Waals surface area contributed by atoms with Crippen LogP contribution in [0.3, 0.4) is 0 Å². The minimum atomic E-state index is -5.31. The average molecular weight is 1780 g/mol. The van der Waals surface area contributed by atoms with Crippen LogP contribution in [0.25, 0.3) is 164 Å². The number of nitriles is 13. The first-order valence-corrected chi connectivity index (χ1v) is 38.2. The quantitative estimate of drug-likeness (QED) is 0.0813. The van der Waals surface area contributed by atoms with Crippen LogP contribution in [-0.2, 0) is 4.74 Å². The fourth-order valence-corrected chi connectivity index (χ4v) is 16.2. The summed E-state index contributed by atoms with van der Waals surface area (Å²) in [6.07, 6.45) is -5.31. The third kappa shape index (κ3) is 15.7. The standard InChI is InChI=1S/C36H11F3N8O.C36H8N10.C34H8F2N8/c1-18-31(29(16-42)21-9-23(44-2)11-24(10-21)45-3)27-12-25-26(13-28(27)33(18)46-4)32(35(30(25)17-43)48-36(37,38)39)34(47-5)22-7-19(14-40)6-20(8-22)15-41;1-42-23-9-21(10-24(11-23)43-2)29(16-39)32-27-12-25-26(13-28(27)35(45-4)36(32)46-5)33(31(18-41)30(25)17-40)34(44-3)22-7-19(14-37)6-20(8-22)15-38;1-41-21-8-19(9-22(10-21)42-2)27(15-39)29-25-11-23-24(12-26(25)34(44-4)32(29)36)30(31(35)28(23)16-40)33(43-3)20-6-17(13-37)5-18(7-20)14-38/h6-13H,1H3;6-13H;5-12H/b31-29+,34-32+;32-29-,34-33+;29-27-,33-30+. The molecule has 0 unspecified atom stereocenters. The van der Waals surface area contributed by atoms with Gasteiger partial charge in [0.2, 0.25) is 34.2 Å². The van der Waals surface area contributed by atoms with Crippen LogP contribution in [0, 0.1) is 233 Å². The zero-order valence-corrected chi connectivity index (χ0v) is 69.3. The minimum Gasteiger partial charge on any atom is -0.405 e. The highest BCUT2D eigenvalue weighted by Crippen LogP contribution is 2.59. The van der Waals surface area contributed by atoms with Crippen molar-refractivity contribution < 1.29 is 26.7 Å². The Labute approximate surface area is 779 Å². The van der Waals surface area contributed by atoms with Gasteiger partial charge in [-0.2, -0.15) is 68.4 Å². The van der Waals surface area contributed by atoms with Gasteiger partial charge in [0.15, 0.2) is 39.8 Å². The molecule has 6 aliphatic rings. The van der Waals surface area contributed by atoms with Crippen LogP contribution in [0.4, 0.5) is 56.1 Å². The molecule has 622 valence electrons. The maximum atomic E-state index is 16.0. The van der Waals surface area contributed by atoms with E-state index in [1.54, 1.807) is 19.1 Å². The summed E-state index contributed by atoms with van der Waals surface area (Å²) in [4.78, 5) is 44.8. The molecule has 9 aromatic carbocycles. The van der Waals surface area contributed by atoms with Gasteiger partial charge in [0.1, 0.15) is 53.3 Å². The predicted molar refractivity (Wildman–Crippen MR) is 487 cm³/mol. The molecule has 0 spiro atoms. The fraction of sp³-hybridized carbons (Fsp3) is 0.0189. The van der Waals surface area contributed by atoms with Crippen LogP contribution in [-0.4, -0.2) is 6.36 Å². The maximum Gasteiger partial charge on any atom is 0.573 e. The molecular weight excluding hydrogens is 1750 g/mol. The molecule has 0 atom stereocenters. The van der Waals surface area contributed by atoms with E-state index in [9.17, 15) is 81.6 Å². The van der Waals surface area contributed by atoms with Gasteiger partial charge in [0, 0.05) is 39.0 Å². The molecule has 27 nitrogen and oxygen atoms in total. The van der Waals surface area contributed by atoms with Crippen molar-refractivity contribution in [2.75, 3.05) is 0 Å². The number of hydrogen-bond donors (Lipinski definition) is 0. The van der Waals surface area contributed by atoms with E-state index >= 15 is 8.78 Å². The highest BCUT2D eigenvalue weighted by Gasteiger charge is 2.44. The van der Waals surface area contributed by atoms with Crippen LogP contribution in [0.2, 0.25) is 0 Å². The molecule has 15 rings (SSSR count). The lowest BCUT2D eigenvalue weighted by Crippen LogP contribution is -2.13. The number of fused-ring (bicyclic) bond motifs is 6. The molecule has 0 amide bonds. The molecule has 0 saturated heterocycles. The number of hydrogen-bond acceptors (Lipinski definition) is 14. The molecule has 0 heterocycles. The molecule has 0 bridgehead atoms. The van der Waals surface area contributed by atoms with E-state index in [4.69, 9.17) is 85.4 Å². The molecule has 0 fully saturated rings. The Morgan fingerprint density at radius 1 is 0.254 bits per heavy atom. The second kappa shape index (κ2) is 37.3. The normalized spacial score (nSPS) is 14.6. The SMILES string of the molecule is [C-]#[N+]C1=C(C)/C(=C(/C#N)c2cc([N+]#[C-])cc([N+]#[C-])c2)c2cc3c(cc21)/C(=C(\[N+]#[C-])c1cc(C#N)cc(C#N)c1)C(OC(F)(F)F)=C3C#N.[C-]#[N+]C1=C(F)/C(=C(/C#N)c2cc([N+]#[C-])cc([N+]#[C-])c2)c2cc3c(cc21)/C(=C(\[N+]#[C-])c1cc(C#N)cc(C#N)c1)C(F)=C3C#N.[C-]#[N+]C1=C([N+]#[C-])c2cc3c(cc2/C1=C(\C#N)c1cc([N+]#[C-])cc([N+]#[C-])c1)C(C#N)=C(C#N)/C3=C(/[N+]#[C-])c1cc(C#N)cc(C#N)c1. The predicted octanol–water partition coefficient (Wildman–Crippen LogP) is 25.8. The number of rotatable bonds is 7. The van der Waals surface area contributed by atoms with Gasteiger partial charge in [-0.25, -0.2) is 71.8 Å². The molecular formula is C106H27F5N26O. The maximum absolute atomic E-state index is 16.0. The Hall–Kier alpha value is -23.9. The van der Waals surface area contributed by atoms with Crippen molar-refractivity contribution in [1.29, 1.82) is 68.4 Å². The third-order valence-corrected chi connectivity index (χ3v) is 21.7. The molecule has 0 aromatic heterocycles.